The van der Waals surface area contributed by atoms with Crippen LogP contribution in [0, 0.1) is 11.8 Å². The lowest BCUT2D eigenvalue weighted by molar-refractivity contribution is 0.0513. The van der Waals surface area contributed by atoms with Crippen LogP contribution in [0.3, 0.4) is 0 Å². The van der Waals surface area contributed by atoms with Gasteiger partial charge in [0.15, 0.2) is 0 Å². The highest BCUT2D eigenvalue weighted by Crippen LogP contribution is 2.28. The summed E-state index contributed by atoms with van der Waals surface area (Å²) in [6.45, 7) is 9.13. The Kier molecular flexibility index (Phi) is 7.15. The molecule has 2 aliphatic rings. The number of carbonyl (C=O) groups is 1. The van der Waals surface area contributed by atoms with Crippen LogP contribution in [0.1, 0.15) is 59.3 Å². The van der Waals surface area contributed by atoms with Crippen molar-refractivity contribution in [1.82, 2.24) is 10.6 Å². The van der Waals surface area contributed by atoms with Gasteiger partial charge < -0.3 is 20.1 Å². The number of alkyl carbamates (subject to hydrolysis) is 1. The van der Waals surface area contributed by atoms with Crippen LogP contribution in [-0.2, 0) is 9.47 Å². The maximum atomic E-state index is 11.9. The first-order valence-electron chi connectivity index (χ1n) is 9.22. The zero-order valence-electron chi connectivity index (χ0n) is 15.0. The highest BCUT2D eigenvalue weighted by atomic mass is 16.6. The summed E-state index contributed by atoms with van der Waals surface area (Å²) in [5, 5.41) is 6.68. The summed E-state index contributed by atoms with van der Waals surface area (Å²) in [6, 6.07) is 0.355. The molecule has 1 saturated carbocycles. The molecule has 23 heavy (non-hydrogen) atoms. The van der Waals surface area contributed by atoms with Crippen molar-refractivity contribution in [2.45, 2.75) is 70.9 Å². The fraction of sp³-hybridized carbons (Fsp3) is 0.944. The molecule has 0 bridgehead atoms. The summed E-state index contributed by atoms with van der Waals surface area (Å²) >= 11 is 0. The number of hydrogen-bond donors (Lipinski definition) is 2. The molecular weight excluding hydrogens is 292 g/mol. The van der Waals surface area contributed by atoms with E-state index in [-0.39, 0.29) is 6.09 Å². The summed E-state index contributed by atoms with van der Waals surface area (Å²) in [6.07, 6.45) is 7.13. The van der Waals surface area contributed by atoms with Gasteiger partial charge >= 0.3 is 6.09 Å². The Morgan fingerprint density at radius 1 is 1.17 bits per heavy atom. The van der Waals surface area contributed by atoms with Crippen LogP contribution in [0.5, 0.6) is 0 Å². The topological polar surface area (TPSA) is 59.6 Å². The number of nitrogens with one attached hydrogen (secondary N) is 2. The number of hydrogen-bond acceptors (Lipinski definition) is 4. The Hall–Kier alpha value is -0.810. The van der Waals surface area contributed by atoms with Crippen molar-refractivity contribution in [2.24, 2.45) is 11.8 Å². The highest BCUT2D eigenvalue weighted by Gasteiger charge is 2.27. The second kappa shape index (κ2) is 8.88. The average molecular weight is 326 g/mol. The number of amides is 1. The average Bonchev–Trinajstić information content (AvgIpc) is 3.00. The van der Waals surface area contributed by atoms with Crippen molar-refractivity contribution >= 4 is 6.09 Å². The molecule has 1 amide bonds. The van der Waals surface area contributed by atoms with Crippen molar-refractivity contribution in [3.63, 3.8) is 0 Å². The van der Waals surface area contributed by atoms with Crippen LogP contribution in [0.2, 0.25) is 0 Å². The lowest BCUT2D eigenvalue weighted by Crippen LogP contribution is -2.47. The van der Waals surface area contributed by atoms with Gasteiger partial charge in [-0.2, -0.15) is 0 Å². The van der Waals surface area contributed by atoms with Gasteiger partial charge in [0.05, 0.1) is 0 Å². The lowest BCUT2D eigenvalue weighted by atomic mass is 9.95. The van der Waals surface area contributed by atoms with E-state index < -0.39 is 5.60 Å². The van der Waals surface area contributed by atoms with E-state index in [1.165, 1.54) is 25.7 Å². The Morgan fingerprint density at radius 3 is 2.43 bits per heavy atom. The Labute approximate surface area is 140 Å². The molecule has 134 valence electrons. The highest BCUT2D eigenvalue weighted by molar-refractivity contribution is 5.67. The normalized spacial score (nSPS) is 22.0. The first kappa shape index (κ1) is 18.5. The third-order valence-corrected chi connectivity index (χ3v) is 4.84. The molecule has 0 radical (unpaired) electrons. The van der Waals surface area contributed by atoms with E-state index in [1.807, 2.05) is 20.8 Å². The second-order valence-electron chi connectivity index (χ2n) is 8.00. The summed E-state index contributed by atoms with van der Waals surface area (Å²) < 4.78 is 10.8. The standard InChI is InChI=1S/C18H34N2O3/c1-18(2,3)23-17(21)20-13-16(15-6-4-5-7-15)19-12-14-8-10-22-11-9-14/h14-16,19H,4-13H2,1-3H3,(H,20,21). The molecule has 1 heterocycles. The van der Waals surface area contributed by atoms with Crippen molar-refractivity contribution in [2.75, 3.05) is 26.3 Å². The molecule has 0 aromatic carbocycles. The molecule has 1 aliphatic heterocycles. The van der Waals surface area contributed by atoms with Crippen LogP contribution < -0.4 is 10.6 Å². The van der Waals surface area contributed by atoms with Crippen molar-refractivity contribution in [3.8, 4) is 0 Å². The predicted molar refractivity (Wildman–Crippen MR) is 91.5 cm³/mol. The van der Waals surface area contributed by atoms with Crippen molar-refractivity contribution in [3.05, 3.63) is 0 Å². The molecule has 1 unspecified atom stereocenters. The number of carbonyl (C=O) groups excluding carboxylic acids is 1. The molecule has 5 heteroatoms. The summed E-state index contributed by atoms with van der Waals surface area (Å²) in [7, 11) is 0. The Balaban J connectivity index is 1.78. The van der Waals surface area contributed by atoms with Gasteiger partial charge in [-0.3, -0.25) is 0 Å². The van der Waals surface area contributed by atoms with Gasteiger partial charge in [-0.15, -0.1) is 0 Å². The molecule has 2 N–H and O–H groups in total. The monoisotopic (exact) mass is 326 g/mol. The number of rotatable bonds is 6. The summed E-state index contributed by atoms with van der Waals surface area (Å²) in [4.78, 5) is 11.9. The summed E-state index contributed by atoms with van der Waals surface area (Å²) in [5.41, 5.74) is -0.442. The minimum absolute atomic E-state index is 0.312. The molecule has 0 aromatic heterocycles. The first-order valence-corrected chi connectivity index (χ1v) is 9.22. The van der Waals surface area contributed by atoms with Gasteiger partial charge in [0, 0.05) is 25.8 Å². The maximum Gasteiger partial charge on any atom is 0.407 e. The molecule has 2 rings (SSSR count). The van der Waals surface area contributed by atoms with E-state index in [4.69, 9.17) is 9.47 Å². The van der Waals surface area contributed by atoms with E-state index in [2.05, 4.69) is 10.6 Å². The van der Waals surface area contributed by atoms with Crippen LogP contribution in [0.15, 0.2) is 0 Å². The van der Waals surface area contributed by atoms with Crippen LogP contribution in [0.25, 0.3) is 0 Å². The largest absolute Gasteiger partial charge is 0.444 e. The molecular formula is C18H34N2O3. The second-order valence-corrected chi connectivity index (χ2v) is 8.00. The molecule has 0 aromatic rings. The fourth-order valence-electron chi connectivity index (χ4n) is 3.54. The minimum Gasteiger partial charge on any atom is -0.444 e. The van der Waals surface area contributed by atoms with E-state index in [1.54, 1.807) is 0 Å². The smallest absolute Gasteiger partial charge is 0.407 e. The van der Waals surface area contributed by atoms with Gasteiger partial charge in [0.25, 0.3) is 0 Å². The van der Waals surface area contributed by atoms with E-state index in [9.17, 15) is 4.79 Å². The summed E-state index contributed by atoms with van der Waals surface area (Å²) in [5.74, 6) is 1.37. The predicted octanol–water partition coefficient (Wildman–Crippen LogP) is 3.09. The quantitative estimate of drug-likeness (QED) is 0.787. The number of ether oxygens (including phenoxy) is 2. The zero-order chi connectivity index (χ0) is 16.7. The third kappa shape index (κ3) is 7.08. The van der Waals surface area contributed by atoms with Crippen LogP contribution in [-0.4, -0.2) is 44.0 Å². The molecule has 5 nitrogen and oxygen atoms in total. The third-order valence-electron chi connectivity index (χ3n) is 4.84. The first-order chi connectivity index (χ1) is 10.9. The molecule has 1 aliphatic carbocycles. The molecule has 1 atom stereocenters. The van der Waals surface area contributed by atoms with E-state index in [0.717, 1.165) is 32.6 Å². The van der Waals surface area contributed by atoms with E-state index in [0.29, 0.717) is 24.4 Å². The SMILES string of the molecule is CC(C)(C)OC(=O)NCC(NCC1CCOCC1)C1CCCC1. The van der Waals surface area contributed by atoms with Gasteiger partial charge in [0.2, 0.25) is 0 Å². The Morgan fingerprint density at radius 2 is 1.83 bits per heavy atom. The molecule has 1 saturated heterocycles. The maximum absolute atomic E-state index is 11.9. The van der Waals surface area contributed by atoms with Crippen molar-refractivity contribution in [1.29, 1.82) is 0 Å². The van der Waals surface area contributed by atoms with E-state index >= 15 is 0 Å². The van der Waals surface area contributed by atoms with Gasteiger partial charge in [-0.05, 0) is 64.8 Å². The van der Waals surface area contributed by atoms with Gasteiger partial charge in [0.1, 0.15) is 5.60 Å². The van der Waals surface area contributed by atoms with Crippen LogP contribution >= 0.6 is 0 Å². The minimum atomic E-state index is -0.442. The Bertz CT molecular complexity index is 356. The fourth-order valence-corrected chi connectivity index (χ4v) is 3.54. The van der Waals surface area contributed by atoms with Gasteiger partial charge in [-0.25, -0.2) is 4.79 Å². The van der Waals surface area contributed by atoms with Gasteiger partial charge in [-0.1, -0.05) is 12.8 Å². The molecule has 2 fully saturated rings. The van der Waals surface area contributed by atoms with Crippen LogP contribution in [0.4, 0.5) is 4.79 Å². The van der Waals surface area contributed by atoms with Crippen molar-refractivity contribution < 1.29 is 14.3 Å². The molecule has 0 spiro atoms. The lowest BCUT2D eigenvalue weighted by Gasteiger charge is -2.29. The zero-order valence-corrected chi connectivity index (χ0v) is 15.0.